The average molecular weight is 373 g/mol. The number of aryl methyl sites for hydroxylation is 1. The second-order valence-electron chi connectivity index (χ2n) is 7.87. The molecule has 0 saturated carbocycles. The van der Waals surface area contributed by atoms with Gasteiger partial charge < -0.3 is 15.3 Å². The number of nitrogens with zero attached hydrogens (tertiary/aromatic N) is 2. The van der Waals surface area contributed by atoms with E-state index < -0.39 is 5.97 Å². The molecular weight excluding hydrogens is 342 g/mol. The van der Waals surface area contributed by atoms with Gasteiger partial charge in [0.2, 0.25) is 0 Å². The quantitative estimate of drug-likeness (QED) is 0.770. The topological polar surface area (TPSA) is 72.9 Å². The third-order valence-electron chi connectivity index (χ3n) is 6.13. The van der Waals surface area contributed by atoms with Gasteiger partial charge in [0, 0.05) is 18.7 Å². The summed E-state index contributed by atoms with van der Waals surface area (Å²) in [4.78, 5) is 27.7. The zero-order valence-electron chi connectivity index (χ0n) is 16.4. The molecule has 0 aliphatic carbocycles. The Labute approximate surface area is 161 Å². The molecule has 148 valence electrons. The number of rotatable bonds is 7. The lowest BCUT2D eigenvalue weighted by atomic mass is 9.94. The number of carbonyl (C=O) groups excluding carboxylic acids is 1. The van der Waals surface area contributed by atoms with E-state index in [9.17, 15) is 9.59 Å². The molecule has 2 amide bonds. The molecule has 0 spiro atoms. The second-order valence-corrected chi connectivity index (χ2v) is 7.87. The van der Waals surface area contributed by atoms with E-state index in [-0.39, 0.29) is 24.5 Å². The molecule has 3 rings (SSSR count). The van der Waals surface area contributed by atoms with Gasteiger partial charge in [-0.15, -0.1) is 0 Å². The van der Waals surface area contributed by atoms with E-state index in [1.54, 1.807) is 0 Å². The third-order valence-corrected chi connectivity index (χ3v) is 6.13. The van der Waals surface area contributed by atoms with Crippen molar-refractivity contribution in [2.45, 2.75) is 58.0 Å². The Morgan fingerprint density at radius 3 is 2.44 bits per heavy atom. The van der Waals surface area contributed by atoms with E-state index in [1.165, 1.54) is 12.8 Å². The van der Waals surface area contributed by atoms with Gasteiger partial charge in [-0.25, -0.2) is 4.79 Å². The Kier molecular flexibility index (Phi) is 6.37. The number of aliphatic carboxylic acids is 1. The van der Waals surface area contributed by atoms with Crippen molar-refractivity contribution < 1.29 is 14.7 Å². The average Bonchev–Trinajstić information content (AvgIpc) is 2.88. The minimum absolute atomic E-state index is 0.0854. The zero-order valence-corrected chi connectivity index (χ0v) is 16.4. The van der Waals surface area contributed by atoms with Crippen LogP contribution in [0.1, 0.15) is 45.1 Å². The first-order valence-corrected chi connectivity index (χ1v) is 10.1. The molecule has 1 aromatic carbocycles. The largest absolute Gasteiger partial charge is 0.481 e. The van der Waals surface area contributed by atoms with Crippen LogP contribution in [0.3, 0.4) is 0 Å². The Balaban J connectivity index is 1.63. The van der Waals surface area contributed by atoms with Crippen molar-refractivity contribution >= 4 is 17.7 Å². The summed E-state index contributed by atoms with van der Waals surface area (Å²) in [5.41, 5.74) is 1.87. The molecule has 1 aromatic rings. The van der Waals surface area contributed by atoms with Crippen LogP contribution in [0.15, 0.2) is 24.3 Å². The number of nitrogens with one attached hydrogen (secondary N) is 1. The van der Waals surface area contributed by atoms with Gasteiger partial charge in [-0.2, -0.15) is 0 Å². The van der Waals surface area contributed by atoms with Crippen LogP contribution in [0.4, 0.5) is 10.5 Å². The lowest BCUT2D eigenvalue weighted by molar-refractivity contribution is -0.136. The molecule has 2 aliphatic rings. The van der Waals surface area contributed by atoms with Crippen LogP contribution in [-0.4, -0.2) is 53.7 Å². The highest BCUT2D eigenvalue weighted by atomic mass is 16.4. The molecule has 6 nitrogen and oxygen atoms in total. The predicted molar refractivity (Wildman–Crippen MR) is 106 cm³/mol. The van der Waals surface area contributed by atoms with Crippen LogP contribution < -0.4 is 10.2 Å². The molecule has 2 saturated heterocycles. The van der Waals surface area contributed by atoms with Gasteiger partial charge in [-0.1, -0.05) is 12.1 Å². The van der Waals surface area contributed by atoms with Crippen LogP contribution in [0.5, 0.6) is 0 Å². The monoisotopic (exact) mass is 373 g/mol. The van der Waals surface area contributed by atoms with Gasteiger partial charge in [0.05, 0.1) is 12.1 Å². The molecule has 0 bridgehead atoms. The molecular formula is C21H31N3O3. The molecule has 2 aliphatic heterocycles. The van der Waals surface area contributed by atoms with E-state index >= 15 is 0 Å². The molecule has 27 heavy (non-hydrogen) atoms. The van der Waals surface area contributed by atoms with Crippen LogP contribution in [0, 0.1) is 5.92 Å². The van der Waals surface area contributed by atoms with Crippen LogP contribution in [-0.2, 0) is 11.2 Å². The highest BCUT2D eigenvalue weighted by molar-refractivity contribution is 5.95. The van der Waals surface area contributed by atoms with Crippen molar-refractivity contribution in [1.29, 1.82) is 0 Å². The standard InChI is InChI=1S/C21H31N3O3/c1-15-16(2)24(19-6-3-17(4-7-19)5-8-20(25)26)21(27)23(15)14-11-18-9-12-22-13-10-18/h3-4,6-7,15-16,18,22H,5,8-14H2,1-2H3,(H,25,26)/t15-,16+/m1/s1. The normalized spacial score (nSPS) is 23.9. The van der Waals surface area contributed by atoms with Crippen LogP contribution in [0.2, 0.25) is 0 Å². The molecule has 2 heterocycles. The number of carbonyl (C=O) groups is 2. The summed E-state index contributed by atoms with van der Waals surface area (Å²) >= 11 is 0. The number of piperidine rings is 1. The summed E-state index contributed by atoms with van der Waals surface area (Å²) in [6.45, 7) is 7.23. The fraction of sp³-hybridized carbons (Fsp3) is 0.619. The van der Waals surface area contributed by atoms with Crippen LogP contribution >= 0.6 is 0 Å². The molecule has 0 radical (unpaired) electrons. The maximum Gasteiger partial charge on any atom is 0.325 e. The van der Waals surface area contributed by atoms with E-state index in [1.807, 2.05) is 34.1 Å². The summed E-state index contributed by atoms with van der Waals surface area (Å²) in [5.74, 6) is -0.0789. The van der Waals surface area contributed by atoms with E-state index in [0.717, 1.165) is 37.3 Å². The molecule has 2 atom stereocenters. The van der Waals surface area contributed by atoms with Gasteiger partial charge in [0.1, 0.15) is 0 Å². The first-order valence-electron chi connectivity index (χ1n) is 10.1. The van der Waals surface area contributed by atoms with Gasteiger partial charge >= 0.3 is 12.0 Å². The minimum Gasteiger partial charge on any atom is -0.481 e. The number of benzene rings is 1. The number of carboxylic acids is 1. The Bertz CT molecular complexity index is 655. The van der Waals surface area contributed by atoms with E-state index in [4.69, 9.17) is 5.11 Å². The van der Waals surface area contributed by atoms with Crippen molar-refractivity contribution in [2.75, 3.05) is 24.5 Å². The van der Waals surface area contributed by atoms with Crippen molar-refractivity contribution in [3.8, 4) is 0 Å². The maximum atomic E-state index is 13.1. The first kappa shape index (κ1) is 19.7. The first-order chi connectivity index (χ1) is 13.0. The molecule has 2 N–H and O–H groups in total. The summed E-state index contributed by atoms with van der Waals surface area (Å²) in [6.07, 6.45) is 4.12. The number of amides is 2. The number of carboxylic acid groups (broad SMARTS) is 1. The van der Waals surface area contributed by atoms with E-state index in [0.29, 0.717) is 12.3 Å². The van der Waals surface area contributed by atoms with Crippen molar-refractivity contribution in [1.82, 2.24) is 10.2 Å². The fourth-order valence-corrected chi connectivity index (χ4v) is 4.17. The third kappa shape index (κ3) is 4.61. The highest BCUT2D eigenvalue weighted by Gasteiger charge is 2.41. The summed E-state index contributed by atoms with van der Waals surface area (Å²) in [7, 11) is 0. The van der Waals surface area contributed by atoms with Gasteiger partial charge in [-0.3, -0.25) is 9.69 Å². The second kappa shape index (κ2) is 8.74. The number of anilines is 1. The number of urea groups is 1. The molecule has 0 aromatic heterocycles. The van der Waals surface area contributed by atoms with Gasteiger partial charge in [0.15, 0.2) is 0 Å². The highest BCUT2D eigenvalue weighted by Crippen LogP contribution is 2.30. The summed E-state index contributed by atoms with van der Waals surface area (Å²) in [6, 6.07) is 8.13. The lowest BCUT2D eigenvalue weighted by Crippen LogP contribution is -2.36. The van der Waals surface area contributed by atoms with Gasteiger partial charge in [-0.05, 0) is 76.2 Å². The predicted octanol–water partition coefficient (Wildman–Crippen LogP) is 3.11. The molecule has 2 fully saturated rings. The Hall–Kier alpha value is -2.08. The van der Waals surface area contributed by atoms with Crippen LogP contribution in [0.25, 0.3) is 0 Å². The fourth-order valence-electron chi connectivity index (χ4n) is 4.17. The van der Waals surface area contributed by atoms with Gasteiger partial charge in [0.25, 0.3) is 0 Å². The summed E-state index contributed by atoms with van der Waals surface area (Å²) in [5, 5.41) is 12.2. The maximum absolute atomic E-state index is 13.1. The number of hydrogen-bond donors (Lipinski definition) is 2. The zero-order chi connectivity index (χ0) is 19.4. The molecule has 0 unspecified atom stereocenters. The summed E-state index contributed by atoms with van der Waals surface area (Å²) < 4.78 is 0. The number of hydrogen-bond acceptors (Lipinski definition) is 3. The molecule has 6 heteroatoms. The van der Waals surface area contributed by atoms with Crippen molar-refractivity contribution in [3.63, 3.8) is 0 Å². The van der Waals surface area contributed by atoms with Crippen molar-refractivity contribution in [2.24, 2.45) is 5.92 Å². The minimum atomic E-state index is -0.791. The lowest BCUT2D eigenvalue weighted by Gasteiger charge is -2.27. The Morgan fingerprint density at radius 1 is 1.15 bits per heavy atom. The smallest absolute Gasteiger partial charge is 0.325 e. The van der Waals surface area contributed by atoms with E-state index in [2.05, 4.69) is 19.2 Å². The van der Waals surface area contributed by atoms with Crippen molar-refractivity contribution in [3.05, 3.63) is 29.8 Å². The SMILES string of the molecule is C[C@@H]1[C@H](C)N(c2ccc(CCC(=O)O)cc2)C(=O)N1CCC1CCNCC1. The Morgan fingerprint density at radius 2 is 1.81 bits per heavy atom.